The second-order valence-electron chi connectivity index (χ2n) is 7.59. The molecule has 31 heavy (non-hydrogen) atoms. The van der Waals surface area contributed by atoms with E-state index in [4.69, 9.17) is 5.26 Å². The molecular weight excluding hydrogens is 396 g/mol. The summed E-state index contributed by atoms with van der Waals surface area (Å²) in [5.41, 5.74) is 1.71. The topological polar surface area (TPSA) is 148 Å². The molecule has 1 saturated heterocycles. The van der Waals surface area contributed by atoms with E-state index < -0.39 is 0 Å². The van der Waals surface area contributed by atoms with Gasteiger partial charge < -0.3 is 15.5 Å². The lowest BCUT2D eigenvalue weighted by atomic mass is 10.1. The van der Waals surface area contributed by atoms with E-state index in [1.54, 1.807) is 11.0 Å². The molecule has 1 aliphatic carbocycles. The van der Waals surface area contributed by atoms with Crippen LogP contribution in [-0.2, 0) is 9.59 Å². The number of nitrogens with zero attached hydrogens (tertiary/aromatic N) is 6. The number of rotatable bonds is 6. The molecule has 1 unspecified atom stereocenters. The van der Waals surface area contributed by atoms with Gasteiger partial charge >= 0.3 is 0 Å². The van der Waals surface area contributed by atoms with E-state index in [1.807, 2.05) is 6.07 Å². The van der Waals surface area contributed by atoms with Crippen LogP contribution < -0.4 is 10.6 Å². The monoisotopic (exact) mass is 416 g/mol. The van der Waals surface area contributed by atoms with E-state index in [0.717, 1.165) is 12.8 Å². The molecule has 1 saturated carbocycles. The molecule has 0 bridgehead atoms. The SMILES string of the molecule is N#Cc1ncc(-c2cnc(NC(=O)C3CC3)cn2)cc1NCC(=O)N1CCC(C#N)C1. The van der Waals surface area contributed by atoms with Crippen molar-refractivity contribution >= 4 is 23.3 Å². The molecule has 1 aliphatic heterocycles. The molecule has 10 heteroatoms. The van der Waals surface area contributed by atoms with Gasteiger partial charge in [-0.2, -0.15) is 10.5 Å². The zero-order valence-corrected chi connectivity index (χ0v) is 16.7. The largest absolute Gasteiger partial charge is 0.374 e. The Morgan fingerprint density at radius 1 is 1.13 bits per heavy atom. The van der Waals surface area contributed by atoms with Crippen molar-refractivity contribution in [3.8, 4) is 23.4 Å². The summed E-state index contributed by atoms with van der Waals surface area (Å²) in [6.07, 6.45) is 7.00. The van der Waals surface area contributed by atoms with E-state index in [-0.39, 0.29) is 35.9 Å². The Kier molecular flexibility index (Phi) is 5.72. The zero-order valence-electron chi connectivity index (χ0n) is 16.7. The minimum Gasteiger partial charge on any atom is -0.374 e. The van der Waals surface area contributed by atoms with Gasteiger partial charge in [0.05, 0.1) is 42.3 Å². The molecule has 0 spiro atoms. The Balaban J connectivity index is 1.43. The number of hydrogen-bond acceptors (Lipinski definition) is 8. The second-order valence-corrected chi connectivity index (χ2v) is 7.59. The van der Waals surface area contributed by atoms with Crippen LogP contribution in [0.4, 0.5) is 11.5 Å². The zero-order chi connectivity index (χ0) is 21.8. The van der Waals surface area contributed by atoms with E-state index in [0.29, 0.717) is 42.3 Å². The van der Waals surface area contributed by atoms with Gasteiger partial charge in [0.25, 0.3) is 0 Å². The van der Waals surface area contributed by atoms with Crippen molar-refractivity contribution in [3.05, 3.63) is 30.4 Å². The van der Waals surface area contributed by atoms with Crippen molar-refractivity contribution in [3.63, 3.8) is 0 Å². The number of nitriles is 2. The predicted molar refractivity (Wildman–Crippen MR) is 110 cm³/mol. The van der Waals surface area contributed by atoms with E-state index in [2.05, 4.69) is 31.7 Å². The van der Waals surface area contributed by atoms with Crippen LogP contribution in [0, 0.1) is 34.5 Å². The molecule has 156 valence electrons. The number of carbonyl (C=O) groups is 2. The third-order valence-corrected chi connectivity index (χ3v) is 5.29. The molecule has 4 rings (SSSR count). The number of anilines is 2. The van der Waals surface area contributed by atoms with Crippen molar-refractivity contribution in [2.45, 2.75) is 19.3 Å². The number of carbonyl (C=O) groups excluding carboxylic acids is 2. The molecule has 2 aromatic heterocycles. The lowest BCUT2D eigenvalue weighted by Crippen LogP contribution is -2.33. The molecule has 0 aromatic carbocycles. The first-order valence-corrected chi connectivity index (χ1v) is 10.0. The summed E-state index contributed by atoms with van der Waals surface area (Å²) in [6, 6.07) is 5.88. The van der Waals surface area contributed by atoms with Gasteiger partial charge in [-0.1, -0.05) is 0 Å². The van der Waals surface area contributed by atoms with Gasteiger partial charge in [-0.15, -0.1) is 0 Å². The molecule has 0 radical (unpaired) electrons. The summed E-state index contributed by atoms with van der Waals surface area (Å²) in [4.78, 5) is 38.6. The molecular formula is C21H20N8O2. The van der Waals surface area contributed by atoms with Crippen molar-refractivity contribution in [2.75, 3.05) is 30.3 Å². The van der Waals surface area contributed by atoms with Crippen molar-refractivity contribution in [1.82, 2.24) is 19.9 Å². The number of likely N-dealkylation sites (tertiary alicyclic amines) is 1. The summed E-state index contributed by atoms with van der Waals surface area (Å²) in [7, 11) is 0. The first-order chi connectivity index (χ1) is 15.1. The first-order valence-electron chi connectivity index (χ1n) is 10.0. The summed E-state index contributed by atoms with van der Waals surface area (Å²) in [5, 5.41) is 24.0. The summed E-state index contributed by atoms with van der Waals surface area (Å²) in [5.74, 6) is 0.151. The van der Waals surface area contributed by atoms with E-state index in [9.17, 15) is 14.9 Å². The highest BCUT2D eigenvalue weighted by Crippen LogP contribution is 2.30. The molecule has 2 aromatic rings. The average molecular weight is 416 g/mol. The van der Waals surface area contributed by atoms with Gasteiger partial charge in [-0.3, -0.25) is 14.6 Å². The van der Waals surface area contributed by atoms with Crippen molar-refractivity contribution in [1.29, 1.82) is 10.5 Å². The van der Waals surface area contributed by atoms with Crippen LogP contribution in [0.25, 0.3) is 11.3 Å². The number of nitrogens with one attached hydrogen (secondary N) is 2. The Hall–Kier alpha value is -4.05. The fraction of sp³-hybridized carbons (Fsp3) is 0.381. The molecule has 2 N–H and O–H groups in total. The van der Waals surface area contributed by atoms with E-state index >= 15 is 0 Å². The normalized spacial score (nSPS) is 17.5. The fourth-order valence-corrected chi connectivity index (χ4v) is 3.32. The smallest absolute Gasteiger partial charge is 0.241 e. The molecule has 2 aliphatic rings. The molecule has 10 nitrogen and oxygen atoms in total. The Labute approximate surface area is 178 Å². The Morgan fingerprint density at radius 3 is 2.61 bits per heavy atom. The lowest BCUT2D eigenvalue weighted by molar-refractivity contribution is -0.128. The Morgan fingerprint density at radius 2 is 1.97 bits per heavy atom. The van der Waals surface area contributed by atoms with Crippen LogP contribution in [0.2, 0.25) is 0 Å². The van der Waals surface area contributed by atoms with Gasteiger partial charge in [-0.25, -0.2) is 9.97 Å². The lowest BCUT2D eigenvalue weighted by Gasteiger charge is -2.16. The van der Waals surface area contributed by atoms with Gasteiger partial charge in [0.15, 0.2) is 11.5 Å². The summed E-state index contributed by atoms with van der Waals surface area (Å²) in [6.45, 7) is 0.983. The van der Waals surface area contributed by atoms with Gasteiger partial charge in [0, 0.05) is 30.8 Å². The summed E-state index contributed by atoms with van der Waals surface area (Å²) < 4.78 is 0. The molecule has 2 fully saturated rings. The number of pyridine rings is 1. The van der Waals surface area contributed by atoms with Gasteiger partial charge in [0.1, 0.15) is 6.07 Å². The van der Waals surface area contributed by atoms with Crippen LogP contribution in [0.1, 0.15) is 25.0 Å². The Bertz CT molecular complexity index is 1080. The average Bonchev–Trinajstić information content (AvgIpc) is 3.55. The maximum Gasteiger partial charge on any atom is 0.241 e. The highest BCUT2D eigenvalue weighted by Gasteiger charge is 2.30. The van der Waals surface area contributed by atoms with Crippen molar-refractivity contribution < 1.29 is 9.59 Å². The second kappa shape index (κ2) is 8.76. The van der Waals surface area contributed by atoms with Gasteiger partial charge in [-0.05, 0) is 25.3 Å². The highest BCUT2D eigenvalue weighted by atomic mass is 16.2. The molecule has 3 heterocycles. The minimum atomic E-state index is -0.136. The number of hydrogen-bond donors (Lipinski definition) is 2. The van der Waals surface area contributed by atoms with Gasteiger partial charge in [0.2, 0.25) is 11.8 Å². The third kappa shape index (κ3) is 4.75. The highest BCUT2D eigenvalue weighted by molar-refractivity contribution is 5.93. The van der Waals surface area contributed by atoms with Crippen molar-refractivity contribution in [2.24, 2.45) is 11.8 Å². The van der Waals surface area contributed by atoms with Crippen LogP contribution >= 0.6 is 0 Å². The number of amides is 2. The minimum absolute atomic E-state index is 0.00419. The molecule has 2 amide bonds. The third-order valence-electron chi connectivity index (χ3n) is 5.29. The standard InChI is InChI=1S/C21H20N8O2/c22-6-13-3-4-29(12-13)20(30)11-26-16-5-15(8-24-17(16)7-23)18-9-27-19(10-25-18)28-21(31)14-1-2-14/h5,8-10,13-14,26H,1-4,11-12H2,(H,27,28,31). The fourth-order valence-electron chi connectivity index (χ4n) is 3.32. The van der Waals surface area contributed by atoms with Crippen LogP contribution in [0.5, 0.6) is 0 Å². The van der Waals surface area contributed by atoms with Crippen LogP contribution in [-0.4, -0.2) is 51.3 Å². The summed E-state index contributed by atoms with van der Waals surface area (Å²) >= 11 is 0. The first kappa shape index (κ1) is 20.2. The van der Waals surface area contributed by atoms with Crippen LogP contribution in [0.3, 0.4) is 0 Å². The maximum absolute atomic E-state index is 12.4. The molecule has 1 atom stereocenters. The van der Waals surface area contributed by atoms with Crippen LogP contribution in [0.15, 0.2) is 24.7 Å². The number of aromatic nitrogens is 3. The maximum atomic E-state index is 12.4. The predicted octanol–water partition coefficient (Wildman–Crippen LogP) is 1.54. The van der Waals surface area contributed by atoms with E-state index in [1.165, 1.54) is 18.6 Å². The quantitative estimate of drug-likeness (QED) is 0.720.